The Balaban J connectivity index is 2.33. The molecule has 1 aromatic carbocycles. The number of rotatable bonds is 4. The Morgan fingerprint density at radius 3 is 2.42 bits per heavy atom. The van der Waals surface area contributed by atoms with Gasteiger partial charge in [0, 0.05) is 16.6 Å². The largest absolute Gasteiger partial charge is 0.326 e. The van der Waals surface area contributed by atoms with E-state index in [2.05, 4.69) is 37.8 Å². The quantitative estimate of drug-likeness (QED) is 0.903. The Morgan fingerprint density at radius 1 is 1.32 bits per heavy atom. The van der Waals surface area contributed by atoms with Gasteiger partial charge in [0.2, 0.25) is 0 Å². The molecule has 2 atom stereocenters. The maximum atomic E-state index is 6.41. The van der Waals surface area contributed by atoms with Crippen molar-refractivity contribution in [2.75, 3.05) is 6.54 Å². The number of halogens is 1. The highest BCUT2D eigenvalue weighted by atomic mass is 35.5. The number of likely N-dealkylation sites (tertiary alicyclic amines) is 1. The fraction of sp³-hybridized carbons (Fsp3) is 0.625. The molecule has 0 bridgehead atoms. The van der Waals surface area contributed by atoms with Crippen LogP contribution in [0.1, 0.15) is 51.6 Å². The molecule has 1 aromatic rings. The van der Waals surface area contributed by atoms with Crippen LogP contribution in [0.2, 0.25) is 5.02 Å². The fourth-order valence-electron chi connectivity index (χ4n) is 3.19. The van der Waals surface area contributed by atoms with Crippen LogP contribution in [0.25, 0.3) is 0 Å². The zero-order valence-electron chi connectivity index (χ0n) is 12.2. The summed E-state index contributed by atoms with van der Waals surface area (Å²) in [5, 5.41) is 0.785. The minimum Gasteiger partial charge on any atom is -0.326 e. The van der Waals surface area contributed by atoms with Gasteiger partial charge in [-0.1, -0.05) is 30.7 Å². The molecule has 1 fully saturated rings. The van der Waals surface area contributed by atoms with Crippen molar-refractivity contribution in [3.63, 3.8) is 0 Å². The van der Waals surface area contributed by atoms with Crippen molar-refractivity contribution in [3.8, 4) is 0 Å². The number of hydrogen-bond donors (Lipinski definition) is 1. The molecular weight excluding hydrogens is 256 g/mol. The zero-order chi connectivity index (χ0) is 14.0. The van der Waals surface area contributed by atoms with Crippen LogP contribution in [0.4, 0.5) is 0 Å². The Morgan fingerprint density at radius 2 is 1.95 bits per heavy atom. The van der Waals surface area contributed by atoms with Crippen LogP contribution in [0.5, 0.6) is 0 Å². The predicted molar refractivity (Wildman–Crippen MR) is 82.5 cm³/mol. The van der Waals surface area contributed by atoms with Crippen LogP contribution in [0, 0.1) is 0 Å². The van der Waals surface area contributed by atoms with Gasteiger partial charge in [-0.2, -0.15) is 0 Å². The van der Waals surface area contributed by atoms with E-state index in [9.17, 15) is 0 Å². The molecule has 0 spiro atoms. The Labute approximate surface area is 121 Å². The Hall–Kier alpha value is -0.570. The van der Waals surface area contributed by atoms with E-state index in [-0.39, 0.29) is 11.6 Å². The van der Waals surface area contributed by atoms with Gasteiger partial charge in [-0.05, 0) is 57.4 Å². The molecule has 0 aliphatic carbocycles. The molecule has 1 heterocycles. The predicted octanol–water partition coefficient (Wildman–Crippen LogP) is 3.99. The number of nitrogens with zero attached hydrogens (tertiary/aromatic N) is 1. The van der Waals surface area contributed by atoms with Gasteiger partial charge < -0.3 is 5.73 Å². The first kappa shape index (κ1) is 14.8. The van der Waals surface area contributed by atoms with Crippen molar-refractivity contribution in [2.24, 2.45) is 5.73 Å². The summed E-state index contributed by atoms with van der Waals surface area (Å²) in [6.07, 6.45) is 3.49. The molecule has 0 aromatic heterocycles. The van der Waals surface area contributed by atoms with Gasteiger partial charge in [0.15, 0.2) is 0 Å². The van der Waals surface area contributed by atoms with E-state index < -0.39 is 0 Å². The lowest BCUT2D eigenvalue weighted by Crippen LogP contribution is -2.47. The lowest BCUT2D eigenvalue weighted by Gasteiger charge is -2.41. The van der Waals surface area contributed by atoms with E-state index in [1.165, 1.54) is 18.4 Å². The summed E-state index contributed by atoms with van der Waals surface area (Å²) in [6, 6.07) is 8.64. The second kappa shape index (κ2) is 5.82. The minimum atomic E-state index is 0.165. The van der Waals surface area contributed by atoms with Crippen LogP contribution in [-0.2, 0) is 0 Å². The molecule has 2 nitrogen and oxygen atoms in total. The lowest BCUT2D eigenvalue weighted by molar-refractivity contribution is 0.0965. The molecule has 1 aliphatic heterocycles. The topological polar surface area (TPSA) is 29.3 Å². The number of benzene rings is 1. The van der Waals surface area contributed by atoms with Crippen molar-refractivity contribution in [1.29, 1.82) is 0 Å². The molecule has 19 heavy (non-hydrogen) atoms. The maximum Gasteiger partial charge on any atom is 0.0504 e. The first-order valence-corrected chi connectivity index (χ1v) is 7.61. The summed E-state index contributed by atoms with van der Waals surface area (Å²) in [7, 11) is 0. The lowest BCUT2D eigenvalue weighted by atomic mass is 9.92. The van der Waals surface area contributed by atoms with E-state index in [0.717, 1.165) is 18.0 Å². The number of hydrogen-bond acceptors (Lipinski definition) is 2. The minimum absolute atomic E-state index is 0.165. The van der Waals surface area contributed by atoms with Crippen molar-refractivity contribution in [1.82, 2.24) is 4.90 Å². The molecule has 106 valence electrons. The van der Waals surface area contributed by atoms with Gasteiger partial charge in [0.05, 0.1) is 6.04 Å². The highest BCUT2D eigenvalue weighted by Gasteiger charge is 2.39. The maximum absolute atomic E-state index is 6.41. The molecule has 0 amide bonds. The van der Waals surface area contributed by atoms with Crippen LogP contribution >= 0.6 is 11.6 Å². The monoisotopic (exact) mass is 280 g/mol. The molecule has 0 saturated carbocycles. The van der Waals surface area contributed by atoms with Crippen LogP contribution in [-0.4, -0.2) is 23.0 Å². The summed E-state index contributed by atoms with van der Waals surface area (Å²) in [5.74, 6) is 0. The highest BCUT2D eigenvalue weighted by Crippen LogP contribution is 2.38. The standard InChI is InChI=1S/C16H25ClN2/c1-4-14(18)15(12-6-8-13(17)9-7-12)19-11-5-10-16(19,2)3/h6-9,14-15H,4-5,10-11,18H2,1-3H3. The average molecular weight is 281 g/mol. The molecule has 0 radical (unpaired) electrons. The fourth-order valence-corrected chi connectivity index (χ4v) is 3.31. The van der Waals surface area contributed by atoms with Crippen LogP contribution < -0.4 is 5.73 Å². The molecular formula is C16H25ClN2. The second-order valence-corrected chi connectivity index (χ2v) is 6.61. The summed E-state index contributed by atoms with van der Waals surface area (Å²) in [6.45, 7) is 7.95. The average Bonchev–Trinajstić information content (AvgIpc) is 2.72. The van der Waals surface area contributed by atoms with Gasteiger partial charge in [0.25, 0.3) is 0 Å². The molecule has 2 N–H and O–H groups in total. The second-order valence-electron chi connectivity index (χ2n) is 6.18. The third-order valence-electron chi connectivity index (χ3n) is 4.39. The SMILES string of the molecule is CCC(N)C(c1ccc(Cl)cc1)N1CCCC1(C)C. The van der Waals surface area contributed by atoms with E-state index in [1.54, 1.807) is 0 Å². The molecule has 1 aliphatic rings. The van der Waals surface area contributed by atoms with Crippen molar-refractivity contribution >= 4 is 11.6 Å². The third-order valence-corrected chi connectivity index (χ3v) is 4.64. The Kier molecular flexibility index (Phi) is 4.54. The van der Waals surface area contributed by atoms with Gasteiger partial charge in [-0.25, -0.2) is 0 Å². The molecule has 2 unspecified atom stereocenters. The zero-order valence-corrected chi connectivity index (χ0v) is 13.0. The van der Waals surface area contributed by atoms with Crippen molar-refractivity contribution < 1.29 is 0 Å². The van der Waals surface area contributed by atoms with Gasteiger partial charge in [-0.3, -0.25) is 4.90 Å². The third kappa shape index (κ3) is 3.13. The normalized spacial score (nSPS) is 22.4. The van der Waals surface area contributed by atoms with Crippen molar-refractivity contribution in [3.05, 3.63) is 34.9 Å². The summed E-state index contributed by atoms with van der Waals surface area (Å²) < 4.78 is 0. The van der Waals surface area contributed by atoms with E-state index >= 15 is 0 Å². The Bertz CT molecular complexity index is 413. The van der Waals surface area contributed by atoms with E-state index in [4.69, 9.17) is 17.3 Å². The van der Waals surface area contributed by atoms with Crippen LogP contribution in [0.3, 0.4) is 0 Å². The van der Waals surface area contributed by atoms with E-state index in [1.807, 2.05) is 12.1 Å². The van der Waals surface area contributed by atoms with Crippen LogP contribution in [0.15, 0.2) is 24.3 Å². The van der Waals surface area contributed by atoms with Gasteiger partial charge >= 0.3 is 0 Å². The van der Waals surface area contributed by atoms with Gasteiger partial charge in [-0.15, -0.1) is 0 Å². The summed E-state index contributed by atoms with van der Waals surface area (Å²) in [4.78, 5) is 2.57. The van der Waals surface area contributed by atoms with Crippen molar-refractivity contribution in [2.45, 2.75) is 57.7 Å². The molecule has 2 rings (SSSR count). The molecule has 3 heteroatoms. The summed E-state index contributed by atoms with van der Waals surface area (Å²) >= 11 is 6.00. The van der Waals surface area contributed by atoms with E-state index in [0.29, 0.717) is 6.04 Å². The highest BCUT2D eigenvalue weighted by molar-refractivity contribution is 6.30. The first-order valence-electron chi connectivity index (χ1n) is 7.23. The molecule has 1 saturated heterocycles. The van der Waals surface area contributed by atoms with Gasteiger partial charge in [0.1, 0.15) is 0 Å². The number of nitrogens with two attached hydrogens (primary N) is 1. The first-order chi connectivity index (χ1) is 8.95. The smallest absolute Gasteiger partial charge is 0.0504 e. The summed E-state index contributed by atoms with van der Waals surface area (Å²) in [5.41, 5.74) is 7.93.